The summed E-state index contributed by atoms with van der Waals surface area (Å²) in [4.78, 5) is 22.6. The fraction of sp³-hybridized carbons (Fsp3) is 0.385. The minimum absolute atomic E-state index is 0.00788. The lowest BCUT2D eigenvalue weighted by Gasteiger charge is -2.34. The predicted octanol–water partition coefficient (Wildman–Crippen LogP) is 1.53. The first-order chi connectivity index (χ1) is 10.1. The van der Waals surface area contributed by atoms with E-state index in [1.165, 1.54) is 12.1 Å². The first-order valence-corrected chi connectivity index (χ1v) is 6.63. The molecule has 0 spiro atoms. The van der Waals surface area contributed by atoms with Gasteiger partial charge in [-0.3, -0.25) is 0 Å². The smallest absolute Gasteiger partial charge is 0.345 e. The number of nitrogens with zero attached hydrogens (tertiary/aromatic N) is 3. The third-order valence-corrected chi connectivity index (χ3v) is 3.82. The highest BCUT2D eigenvalue weighted by molar-refractivity contribution is 6.31. The molecular formula is C13H12ClN3O4. The number of esters is 1. The van der Waals surface area contributed by atoms with Gasteiger partial charge in [0.15, 0.2) is 6.67 Å². The van der Waals surface area contributed by atoms with E-state index >= 15 is 0 Å². The summed E-state index contributed by atoms with van der Waals surface area (Å²) in [6.45, 7) is -0.157. The van der Waals surface area contributed by atoms with Crippen molar-refractivity contribution >= 4 is 23.3 Å². The molecule has 0 N–H and O–H groups in total. The third-order valence-electron chi connectivity index (χ3n) is 3.58. The predicted molar refractivity (Wildman–Crippen MR) is 74.9 cm³/mol. The van der Waals surface area contributed by atoms with E-state index in [0.717, 1.165) is 11.1 Å². The normalized spacial score (nSPS) is 23.1. The number of hydrogen-bond donors (Lipinski definition) is 0. The molecule has 1 atom stereocenters. The van der Waals surface area contributed by atoms with E-state index in [1.807, 2.05) is 0 Å². The molecule has 2 aliphatic rings. The average Bonchev–Trinajstić information content (AvgIpc) is 2.80. The van der Waals surface area contributed by atoms with Gasteiger partial charge in [-0.25, -0.2) is 9.80 Å². The van der Waals surface area contributed by atoms with Crippen molar-refractivity contribution in [3.63, 3.8) is 0 Å². The van der Waals surface area contributed by atoms with E-state index in [1.54, 1.807) is 18.2 Å². The van der Waals surface area contributed by atoms with Gasteiger partial charge in [-0.15, -0.1) is 4.91 Å². The lowest BCUT2D eigenvalue weighted by molar-refractivity contribution is -0.167. The standard InChI is InChI=1S/C13H12ClN3O4/c1-20-12(18)13-5-8-4-9(14)2-3-10(8)11(13)16-17(6-15-19)7-21-13/h2-4H,5-7H2,1H3. The van der Waals surface area contributed by atoms with E-state index < -0.39 is 11.6 Å². The Kier molecular flexibility index (Phi) is 3.38. The Morgan fingerprint density at radius 1 is 1.62 bits per heavy atom. The molecule has 0 saturated heterocycles. The van der Waals surface area contributed by atoms with Crippen LogP contribution in [0.5, 0.6) is 0 Å². The number of carbonyl (C=O) groups is 1. The minimum atomic E-state index is -1.28. The van der Waals surface area contributed by atoms with Crippen molar-refractivity contribution in [1.29, 1.82) is 0 Å². The highest BCUT2D eigenvalue weighted by Crippen LogP contribution is 2.38. The van der Waals surface area contributed by atoms with Gasteiger partial charge in [-0.1, -0.05) is 17.7 Å². The van der Waals surface area contributed by atoms with Gasteiger partial charge in [0.05, 0.1) is 7.11 Å². The molecule has 3 rings (SSSR count). The monoisotopic (exact) mass is 309 g/mol. The number of ether oxygens (including phenoxy) is 2. The van der Waals surface area contributed by atoms with Crippen LogP contribution in [0.1, 0.15) is 11.1 Å². The van der Waals surface area contributed by atoms with Crippen LogP contribution in [0.3, 0.4) is 0 Å². The second-order valence-electron chi connectivity index (χ2n) is 4.80. The molecule has 0 amide bonds. The van der Waals surface area contributed by atoms with Crippen LogP contribution in [0.4, 0.5) is 0 Å². The Balaban J connectivity index is 2.12. The summed E-state index contributed by atoms with van der Waals surface area (Å²) in [5.74, 6) is -0.521. The van der Waals surface area contributed by atoms with Crippen molar-refractivity contribution in [2.45, 2.75) is 12.0 Å². The Morgan fingerprint density at radius 2 is 2.43 bits per heavy atom. The van der Waals surface area contributed by atoms with Crippen molar-refractivity contribution in [3.8, 4) is 0 Å². The van der Waals surface area contributed by atoms with Crippen molar-refractivity contribution in [2.24, 2.45) is 10.3 Å². The lowest BCUT2D eigenvalue weighted by atomic mass is 9.97. The zero-order chi connectivity index (χ0) is 15.0. The Hall–Kier alpha value is -1.99. The molecule has 1 aliphatic heterocycles. The average molecular weight is 310 g/mol. The van der Waals surface area contributed by atoms with Gasteiger partial charge in [0.2, 0.25) is 5.60 Å². The van der Waals surface area contributed by atoms with Crippen LogP contribution >= 0.6 is 11.6 Å². The van der Waals surface area contributed by atoms with E-state index in [9.17, 15) is 9.70 Å². The van der Waals surface area contributed by atoms with Gasteiger partial charge >= 0.3 is 5.97 Å². The van der Waals surface area contributed by atoms with Gasteiger partial charge in [-0.05, 0) is 22.9 Å². The quantitative estimate of drug-likeness (QED) is 0.625. The van der Waals surface area contributed by atoms with Crippen LogP contribution < -0.4 is 0 Å². The van der Waals surface area contributed by atoms with Crippen molar-refractivity contribution < 1.29 is 14.3 Å². The number of benzene rings is 1. The molecule has 8 heteroatoms. The van der Waals surface area contributed by atoms with E-state index in [0.29, 0.717) is 17.2 Å². The highest BCUT2D eigenvalue weighted by atomic mass is 35.5. The minimum Gasteiger partial charge on any atom is -0.467 e. The van der Waals surface area contributed by atoms with Crippen LogP contribution in [0.15, 0.2) is 28.5 Å². The van der Waals surface area contributed by atoms with E-state index in [4.69, 9.17) is 21.1 Å². The highest BCUT2D eigenvalue weighted by Gasteiger charge is 2.54. The fourth-order valence-corrected chi connectivity index (χ4v) is 2.84. The molecule has 0 radical (unpaired) electrons. The van der Waals surface area contributed by atoms with Crippen LogP contribution in [0.25, 0.3) is 0 Å². The number of hydrogen-bond acceptors (Lipinski definition) is 7. The van der Waals surface area contributed by atoms with Gasteiger partial charge in [-0.2, -0.15) is 5.10 Å². The SMILES string of the molecule is COC(=O)C12Cc3cc(Cl)ccc3C1=NN(CN=O)CO2. The molecule has 21 heavy (non-hydrogen) atoms. The number of hydrazone groups is 1. The largest absolute Gasteiger partial charge is 0.467 e. The lowest BCUT2D eigenvalue weighted by Crippen LogP contribution is -2.53. The molecule has 110 valence electrons. The summed E-state index contributed by atoms with van der Waals surface area (Å²) in [5, 5.41) is 9.04. The first-order valence-electron chi connectivity index (χ1n) is 6.25. The third kappa shape index (κ3) is 2.09. The second-order valence-corrected chi connectivity index (χ2v) is 5.23. The Morgan fingerprint density at radius 3 is 3.14 bits per heavy atom. The molecule has 1 unspecified atom stereocenters. The summed E-state index contributed by atoms with van der Waals surface area (Å²) in [6, 6.07) is 5.27. The fourth-order valence-electron chi connectivity index (χ4n) is 2.65. The number of methoxy groups -OCH3 is 1. The maximum absolute atomic E-state index is 12.2. The maximum atomic E-state index is 12.2. The number of halogens is 1. The van der Waals surface area contributed by atoms with Gasteiger partial charge in [0.25, 0.3) is 0 Å². The summed E-state index contributed by atoms with van der Waals surface area (Å²) in [7, 11) is 1.30. The molecule has 7 nitrogen and oxygen atoms in total. The summed E-state index contributed by atoms with van der Waals surface area (Å²) >= 11 is 5.99. The molecule has 1 aromatic rings. The number of rotatable bonds is 3. The zero-order valence-electron chi connectivity index (χ0n) is 11.2. The molecule has 0 fully saturated rings. The number of fused-ring (bicyclic) bond motifs is 3. The molecular weight excluding hydrogens is 298 g/mol. The number of carbonyl (C=O) groups excluding carboxylic acids is 1. The van der Waals surface area contributed by atoms with Crippen molar-refractivity contribution in [3.05, 3.63) is 39.3 Å². The van der Waals surface area contributed by atoms with Gasteiger partial charge in [0.1, 0.15) is 12.4 Å². The van der Waals surface area contributed by atoms with E-state index in [-0.39, 0.29) is 13.4 Å². The zero-order valence-corrected chi connectivity index (χ0v) is 12.0. The molecule has 0 aromatic heterocycles. The molecule has 0 bridgehead atoms. The summed E-state index contributed by atoms with van der Waals surface area (Å²) in [5.41, 5.74) is 0.769. The van der Waals surface area contributed by atoms with Crippen LogP contribution in [-0.2, 0) is 20.7 Å². The first kappa shape index (κ1) is 14.0. The number of nitroso groups, excluding NO2 is 1. The van der Waals surface area contributed by atoms with Crippen molar-refractivity contribution in [2.75, 3.05) is 20.5 Å². The molecule has 1 aliphatic carbocycles. The Labute approximate surface area is 125 Å². The maximum Gasteiger partial charge on any atom is 0.345 e. The van der Waals surface area contributed by atoms with Crippen LogP contribution in [0.2, 0.25) is 5.02 Å². The topological polar surface area (TPSA) is 80.6 Å². The molecule has 0 saturated carbocycles. The van der Waals surface area contributed by atoms with Crippen LogP contribution in [-0.4, -0.2) is 42.8 Å². The summed E-state index contributed by atoms with van der Waals surface area (Å²) < 4.78 is 10.6. The molecule has 1 aromatic carbocycles. The van der Waals surface area contributed by atoms with Crippen LogP contribution in [0, 0.1) is 4.91 Å². The van der Waals surface area contributed by atoms with Gasteiger partial charge in [0, 0.05) is 17.0 Å². The summed E-state index contributed by atoms with van der Waals surface area (Å²) in [6.07, 6.45) is 0.302. The van der Waals surface area contributed by atoms with Crippen molar-refractivity contribution in [1.82, 2.24) is 5.01 Å². The second kappa shape index (κ2) is 5.09. The van der Waals surface area contributed by atoms with E-state index in [2.05, 4.69) is 10.3 Å². The Bertz CT molecular complexity index is 648. The molecule has 1 heterocycles. The van der Waals surface area contributed by atoms with Gasteiger partial charge < -0.3 is 9.47 Å².